The summed E-state index contributed by atoms with van der Waals surface area (Å²) in [5, 5.41) is 4.69. The monoisotopic (exact) mass is 410 g/mol. The summed E-state index contributed by atoms with van der Waals surface area (Å²) in [4.78, 5) is 17.1. The van der Waals surface area contributed by atoms with Gasteiger partial charge in [-0.1, -0.05) is 19.6 Å². The Labute approximate surface area is 178 Å². The minimum atomic E-state index is -0.0261. The Morgan fingerprint density at radius 2 is 1.83 bits per heavy atom. The fraction of sp³-hybridized carbons (Fsp3) is 0.391. The van der Waals surface area contributed by atoms with Gasteiger partial charge in [-0.25, -0.2) is 4.68 Å². The molecule has 0 atom stereocenters. The maximum absolute atomic E-state index is 13.0. The third-order valence-corrected chi connectivity index (χ3v) is 5.34. The minimum Gasteiger partial charge on any atom is -0.493 e. The maximum atomic E-state index is 13.0. The van der Waals surface area contributed by atoms with Crippen LogP contribution in [0.3, 0.4) is 0 Å². The molecule has 160 valence electrons. The van der Waals surface area contributed by atoms with E-state index in [0.717, 1.165) is 36.5 Å². The molecule has 2 aromatic rings. The predicted molar refractivity (Wildman–Crippen MR) is 118 cm³/mol. The highest BCUT2D eigenvalue weighted by Crippen LogP contribution is 2.31. The summed E-state index contributed by atoms with van der Waals surface area (Å²) in [5.74, 6) is 1.26. The standard InChI is InChI=1S/C23H30N4O3/c1-6-8-20(17-9-10-21(29-4)22(15-17)30-5)27-18(7-2)16-19(24-27)23(28)26-13-11-25(3)12-14-26/h6,8-10,15-16H,1,7,11-14H2,2-5H3/b20-8-. The summed E-state index contributed by atoms with van der Waals surface area (Å²) in [6, 6.07) is 7.59. The van der Waals surface area contributed by atoms with Crippen molar-refractivity contribution >= 4 is 11.6 Å². The van der Waals surface area contributed by atoms with Crippen LogP contribution in [-0.2, 0) is 6.42 Å². The van der Waals surface area contributed by atoms with E-state index in [1.165, 1.54) is 0 Å². The third-order valence-electron chi connectivity index (χ3n) is 5.34. The zero-order valence-corrected chi connectivity index (χ0v) is 18.2. The Hall–Kier alpha value is -3.06. The number of hydrogen-bond donors (Lipinski definition) is 0. The van der Waals surface area contributed by atoms with Gasteiger partial charge < -0.3 is 19.3 Å². The number of aryl methyl sites for hydroxylation is 1. The second kappa shape index (κ2) is 9.63. The smallest absolute Gasteiger partial charge is 0.274 e. The van der Waals surface area contributed by atoms with Gasteiger partial charge in [0.2, 0.25) is 0 Å². The first-order valence-corrected chi connectivity index (χ1v) is 10.1. The van der Waals surface area contributed by atoms with Crippen molar-refractivity contribution < 1.29 is 14.3 Å². The van der Waals surface area contributed by atoms with E-state index in [-0.39, 0.29) is 5.91 Å². The zero-order valence-electron chi connectivity index (χ0n) is 18.2. The highest BCUT2D eigenvalue weighted by Gasteiger charge is 2.24. The van der Waals surface area contributed by atoms with Gasteiger partial charge in [-0.05, 0) is 43.8 Å². The van der Waals surface area contributed by atoms with Crippen molar-refractivity contribution in [2.45, 2.75) is 13.3 Å². The van der Waals surface area contributed by atoms with Gasteiger partial charge in [-0.15, -0.1) is 0 Å². The molecule has 1 aromatic carbocycles. The van der Waals surface area contributed by atoms with Crippen LogP contribution in [0.4, 0.5) is 0 Å². The number of hydrogen-bond acceptors (Lipinski definition) is 5. The van der Waals surface area contributed by atoms with E-state index >= 15 is 0 Å². The Morgan fingerprint density at radius 3 is 2.43 bits per heavy atom. The van der Waals surface area contributed by atoms with Crippen molar-refractivity contribution in [3.63, 3.8) is 0 Å². The lowest BCUT2D eigenvalue weighted by atomic mass is 10.1. The molecule has 30 heavy (non-hydrogen) atoms. The molecule has 7 heteroatoms. The summed E-state index contributed by atoms with van der Waals surface area (Å²) in [6.07, 6.45) is 4.34. The Balaban J connectivity index is 1.99. The van der Waals surface area contributed by atoms with Crippen LogP contribution in [0, 0.1) is 0 Å². The van der Waals surface area contributed by atoms with Crippen molar-refractivity contribution in [2.75, 3.05) is 47.4 Å². The number of allylic oxidation sites excluding steroid dienone is 2. The summed E-state index contributed by atoms with van der Waals surface area (Å²) < 4.78 is 12.6. The van der Waals surface area contributed by atoms with Gasteiger partial charge in [-0.2, -0.15) is 5.10 Å². The van der Waals surface area contributed by atoms with Gasteiger partial charge in [0.15, 0.2) is 17.2 Å². The van der Waals surface area contributed by atoms with Crippen LogP contribution in [0.2, 0.25) is 0 Å². The molecule has 0 bridgehead atoms. The number of amides is 1. The van der Waals surface area contributed by atoms with Crippen LogP contribution in [-0.4, -0.2) is 72.9 Å². The molecule has 0 unspecified atom stereocenters. The van der Waals surface area contributed by atoms with Gasteiger partial charge in [0.1, 0.15) is 0 Å². The fourth-order valence-electron chi connectivity index (χ4n) is 3.55. The summed E-state index contributed by atoms with van der Waals surface area (Å²) in [5.41, 5.74) is 3.13. The van der Waals surface area contributed by atoms with E-state index < -0.39 is 0 Å². The number of carbonyl (C=O) groups is 1. The average molecular weight is 411 g/mol. The number of benzene rings is 1. The number of methoxy groups -OCH3 is 2. The molecule has 3 rings (SSSR count). The first-order valence-electron chi connectivity index (χ1n) is 10.1. The van der Waals surface area contributed by atoms with E-state index in [9.17, 15) is 4.79 Å². The lowest BCUT2D eigenvalue weighted by Gasteiger charge is -2.31. The van der Waals surface area contributed by atoms with Crippen LogP contribution in [0.25, 0.3) is 5.70 Å². The largest absolute Gasteiger partial charge is 0.493 e. The topological polar surface area (TPSA) is 59.8 Å². The fourth-order valence-corrected chi connectivity index (χ4v) is 3.55. The second-order valence-electron chi connectivity index (χ2n) is 7.24. The van der Waals surface area contributed by atoms with E-state index in [1.54, 1.807) is 20.3 Å². The van der Waals surface area contributed by atoms with Crippen LogP contribution < -0.4 is 9.47 Å². The number of piperazine rings is 1. The van der Waals surface area contributed by atoms with Gasteiger partial charge in [0.05, 0.1) is 19.9 Å². The van der Waals surface area contributed by atoms with E-state index in [4.69, 9.17) is 14.6 Å². The minimum absolute atomic E-state index is 0.0261. The van der Waals surface area contributed by atoms with Gasteiger partial charge in [0, 0.05) is 37.4 Å². The molecule has 0 radical (unpaired) electrons. The normalized spacial score (nSPS) is 15.2. The quantitative estimate of drug-likeness (QED) is 0.657. The molecular weight excluding hydrogens is 380 g/mol. The molecule has 2 heterocycles. The summed E-state index contributed by atoms with van der Waals surface area (Å²) in [6.45, 7) is 9.09. The molecule has 0 N–H and O–H groups in total. The van der Waals surface area contributed by atoms with Crippen molar-refractivity contribution in [1.29, 1.82) is 0 Å². The third kappa shape index (κ3) is 4.41. The Kier molecular flexibility index (Phi) is 6.95. The zero-order chi connectivity index (χ0) is 21.7. The average Bonchev–Trinajstić information content (AvgIpc) is 3.21. The Morgan fingerprint density at radius 1 is 1.13 bits per heavy atom. The SMILES string of the molecule is C=C/C=C(/c1ccc(OC)c(OC)c1)n1nc(C(=O)N2CCN(C)CC2)cc1CC. The number of nitrogens with zero attached hydrogens (tertiary/aromatic N) is 4. The number of likely N-dealkylation sites (N-methyl/N-ethyl adjacent to an activating group) is 1. The first kappa shape index (κ1) is 21.6. The molecule has 0 aliphatic carbocycles. The highest BCUT2D eigenvalue weighted by molar-refractivity contribution is 5.92. The van der Waals surface area contributed by atoms with E-state index in [1.807, 2.05) is 39.9 Å². The van der Waals surface area contributed by atoms with E-state index in [0.29, 0.717) is 30.3 Å². The van der Waals surface area contributed by atoms with Gasteiger partial charge >= 0.3 is 0 Å². The molecule has 1 saturated heterocycles. The lowest BCUT2D eigenvalue weighted by Crippen LogP contribution is -2.47. The van der Waals surface area contributed by atoms with Crippen LogP contribution >= 0.6 is 0 Å². The molecule has 1 amide bonds. The number of carbonyl (C=O) groups excluding carboxylic acids is 1. The van der Waals surface area contributed by atoms with Crippen LogP contribution in [0.5, 0.6) is 11.5 Å². The molecule has 7 nitrogen and oxygen atoms in total. The molecule has 0 spiro atoms. The van der Waals surface area contributed by atoms with Crippen molar-refractivity contribution in [3.8, 4) is 11.5 Å². The van der Waals surface area contributed by atoms with E-state index in [2.05, 4.69) is 25.5 Å². The predicted octanol–water partition coefficient (Wildman–Crippen LogP) is 2.93. The molecular formula is C23H30N4O3. The summed E-state index contributed by atoms with van der Waals surface area (Å²) in [7, 11) is 5.29. The molecule has 1 aliphatic heterocycles. The van der Waals surface area contributed by atoms with Crippen LogP contribution in [0.1, 0.15) is 28.7 Å². The van der Waals surface area contributed by atoms with Crippen LogP contribution in [0.15, 0.2) is 43.0 Å². The number of rotatable bonds is 7. The molecule has 1 fully saturated rings. The second-order valence-corrected chi connectivity index (χ2v) is 7.24. The molecule has 1 aromatic heterocycles. The van der Waals surface area contributed by atoms with Crippen molar-refractivity contribution in [3.05, 3.63) is 59.9 Å². The number of ether oxygens (including phenoxy) is 2. The molecule has 0 saturated carbocycles. The van der Waals surface area contributed by atoms with Gasteiger partial charge in [0.25, 0.3) is 5.91 Å². The van der Waals surface area contributed by atoms with Crippen molar-refractivity contribution in [2.24, 2.45) is 0 Å². The maximum Gasteiger partial charge on any atom is 0.274 e. The number of aromatic nitrogens is 2. The first-order chi connectivity index (χ1) is 14.5. The lowest BCUT2D eigenvalue weighted by molar-refractivity contribution is 0.0658. The van der Waals surface area contributed by atoms with Gasteiger partial charge in [-0.3, -0.25) is 4.79 Å². The molecule has 1 aliphatic rings. The van der Waals surface area contributed by atoms with Crippen molar-refractivity contribution in [1.82, 2.24) is 19.6 Å². The Bertz CT molecular complexity index is 940. The highest BCUT2D eigenvalue weighted by atomic mass is 16.5. The summed E-state index contributed by atoms with van der Waals surface area (Å²) >= 11 is 0.